The van der Waals surface area contributed by atoms with Crippen LogP contribution in [-0.2, 0) is 9.59 Å². The molecule has 0 unspecified atom stereocenters. The van der Waals surface area contributed by atoms with Crippen molar-refractivity contribution in [2.75, 3.05) is 25.6 Å². The SMILES string of the molecule is C=C(C(=O)[C@H](CC(C)C)NC(=O)CNN)[C@H](CCSC)NNC. The molecule has 0 aliphatic rings. The average Bonchev–Trinajstić information content (AvgIpc) is 2.49. The first-order valence-electron chi connectivity index (χ1n) is 7.74. The minimum absolute atomic E-state index is 0.0287. The smallest absolute Gasteiger partial charge is 0.235 e. The van der Waals surface area contributed by atoms with Gasteiger partial charge in [-0.3, -0.25) is 31.7 Å². The van der Waals surface area contributed by atoms with Crippen molar-refractivity contribution >= 4 is 23.5 Å². The van der Waals surface area contributed by atoms with Crippen LogP contribution in [0.4, 0.5) is 0 Å². The zero-order valence-electron chi connectivity index (χ0n) is 14.6. The summed E-state index contributed by atoms with van der Waals surface area (Å²) in [7, 11) is 1.75. The van der Waals surface area contributed by atoms with E-state index in [0.717, 1.165) is 12.2 Å². The lowest BCUT2D eigenvalue weighted by Gasteiger charge is -2.25. The molecule has 0 radical (unpaired) electrons. The van der Waals surface area contributed by atoms with Crippen molar-refractivity contribution in [2.24, 2.45) is 11.8 Å². The van der Waals surface area contributed by atoms with Crippen LogP contribution in [0.3, 0.4) is 0 Å². The summed E-state index contributed by atoms with van der Waals surface area (Å²) >= 11 is 1.71. The lowest BCUT2D eigenvalue weighted by molar-refractivity contribution is -0.126. The number of hydrogen-bond acceptors (Lipinski definition) is 7. The van der Waals surface area contributed by atoms with Crippen LogP contribution in [0.1, 0.15) is 26.7 Å². The molecule has 8 heteroatoms. The van der Waals surface area contributed by atoms with Gasteiger partial charge in [0, 0.05) is 11.6 Å². The molecule has 0 heterocycles. The van der Waals surface area contributed by atoms with Gasteiger partial charge in [-0.05, 0) is 37.8 Å². The van der Waals surface area contributed by atoms with Crippen molar-refractivity contribution in [3.8, 4) is 0 Å². The van der Waals surface area contributed by atoms with Crippen molar-refractivity contribution in [2.45, 2.75) is 38.8 Å². The molecule has 0 bridgehead atoms. The number of hydrazine groups is 2. The molecule has 0 spiro atoms. The van der Waals surface area contributed by atoms with Gasteiger partial charge in [0.25, 0.3) is 0 Å². The number of hydrogen-bond donors (Lipinski definition) is 5. The van der Waals surface area contributed by atoms with E-state index in [2.05, 4.69) is 28.2 Å². The number of nitrogens with one attached hydrogen (secondary N) is 4. The maximum absolute atomic E-state index is 12.8. The number of carbonyl (C=O) groups is 2. The Kier molecular flexibility index (Phi) is 12.0. The van der Waals surface area contributed by atoms with E-state index in [1.807, 2.05) is 20.1 Å². The molecule has 6 N–H and O–H groups in total. The van der Waals surface area contributed by atoms with Crippen LogP contribution in [0.5, 0.6) is 0 Å². The predicted molar refractivity (Wildman–Crippen MR) is 96.7 cm³/mol. The molecule has 0 aromatic heterocycles. The highest BCUT2D eigenvalue weighted by Crippen LogP contribution is 2.15. The second-order valence-corrected chi connectivity index (χ2v) is 6.73. The van der Waals surface area contributed by atoms with Gasteiger partial charge in [-0.1, -0.05) is 20.4 Å². The maximum atomic E-state index is 12.8. The first-order chi connectivity index (χ1) is 10.9. The number of carbonyl (C=O) groups excluding carboxylic acids is 2. The third-order valence-electron chi connectivity index (χ3n) is 3.29. The molecule has 0 fully saturated rings. The Balaban J connectivity index is 4.99. The van der Waals surface area contributed by atoms with Crippen LogP contribution >= 0.6 is 11.8 Å². The lowest BCUT2D eigenvalue weighted by Crippen LogP contribution is -2.49. The summed E-state index contributed by atoms with van der Waals surface area (Å²) < 4.78 is 0. The molecule has 0 aromatic carbocycles. The molecule has 0 aliphatic heterocycles. The third kappa shape index (κ3) is 9.07. The summed E-state index contributed by atoms with van der Waals surface area (Å²) in [5.41, 5.74) is 8.69. The Morgan fingerprint density at radius 3 is 2.39 bits per heavy atom. The van der Waals surface area contributed by atoms with Crippen molar-refractivity contribution in [3.05, 3.63) is 12.2 Å². The van der Waals surface area contributed by atoms with E-state index in [1.54, 1.807) is 18.8 Å². The number of ketones is 1. The first-order valence-corrected chi connectivity index (χ1v) is 9.13. The largest absolute Gasteiger partial charge is 0.345 e. The zero-order chi connectivity index (χ0) is 17.8. The van der Waals surface area contributed by atoms with E-state index in [-0.39, 0.29) is 30.2 Å². The highest BCUT2D eigenvalue weighted by atomic mass is 32.2. The summed E-state index contributed by atoms with van der Waals surface area (Å²) in [5.74, 6) is 5.88. The number of amides is 1. The summed E-state index contributed by atoms with van der Waals surface area (Å²) in [6, 6.07) is -0.752. The Morgan fingerprint density at radius 1 is 1.26 bits per heavy atom. The van der Waals surface area contributed by atoms with E-state index in [0.29, 0.717) is 12.0 Å². The van der Waals surface area contributed by atoms with Gasteiger partial charge in [0.15, 0.2) is 5.78 Å². The molecule has 0 aromatic rings. The molecular weight excluding hydrogens is 314 g/mol. The van der Waals surface area contributed by atoms with Gasteiger partial charge in [0.05, 0.1) is 12.6 Å². The fraction of sp³-hybridized carbons (Fsp3) is 0.733. The minimum Gasteiger partial charge on any atom is -0.345 e. The standard InChI is InChI=1S/C15H31N5O2S/c1-10(2)8-13(19-14(21)9-18-16)15(22)11(3)12(20-17-4)6-7-23-5/h10,12-13,17-18,20H,3,6-9,16H2,1-2,4-5H3,(H,19,21)/t12-,13-/m0/s1. The third-order valence-corrected chi connectivity index (χ3v) is 3.93. The van der Waals surface area contributed by atoms with Gasteiger partial charge in [-0.15, -0.1) is 0 Å². The van der Waals surface area contributed by atoms with Crippen molar-refractivity contribution in [3.63, 3.8) is 0 Å². The topological polar surface area (TPSA) is 108 Å². The molecule has 2 atom stereocenters. The Bertz CT molecular complexity index is 390. The molecule has 0 aliphatic carbocycles. The van der Waals surface area contributed by atoms with E-state index in [1.165, 1.54) is 0 Å². The first kappa shape index (κ1) is 22.1. The molecule has 0 saturated carbocycles. The molecule has 0 saturated heterocycles. The Hall–Kier alpha value is -0.930. The summed E-state index contributed by atoms with van der Waals surface area (Å²) in [5, 5.41) is 2.74. The van der Waals surface area contributed by atoms with E-state index in [4.69, 9.17) is 5.84 Å². The Morgan fingerprint density at radius 2 is 1.91 bits per heavy atom. The summed E-state index contributed by atoms with van der Waals surface area (Å²) in [6.45, 7) is 7.94. The summed E-state index contributed by atoms with van der Waals surface area (Å²) in [6.07, 6.45) is 3.35. The van der Waals surface area contributed by atoms with Crippen molar-refractivity contribution < 1.29 is 9.59 Å². The average molecular weight is 346 g/mol. The van der Waals surface area contributed by atoms with E-state index in [9.17, 15) is 9.59 Å². The second-order valence-electron chi connectivity index (χ2n) is 5.75. The normalized spacial score (nSPS) is 13.7. The number of thioether (sulfide) groups is 1. The number of Topliss-reactive ketones (excluding diaryl/α,β-unsaturated/α-hetero) is 1. The number of nitrogens with two attached hydrogens (primary N) is 1. The van der Waals surface area contributed by atoms with Crippen molar-refractivity contribution in [1.82, 2.24) is 21.6 Å². The van der Waals surface area contributed by atoms with Crippen LogP contribution in [0.2, 0.25) is 0 Å². The van der Waals surface area contributed by atoms with Gasteiger partial charge in [-0.25, -0.2) is 0 Å². The van der Waals surface area contributed by atoms with Crippen LogP contribution in [0.25, 0.3) is 0 Å². The van der Waals surface area contributed by atoms with Gasteiger partial charge >= 0.3 is 0 Å². The van der Waals surface area contributed by atoms with Gasteiger partial charge in [0.1, 0.15) is 0 Å². The van der Waals surface area contributed by atoms with Gasteiger partial charge in [0.2, 0.25) is 5.91 Å². The van der Waals surface area contributed by atoms with E-state index >= 15 is 0 Å². The zero-order valence-corrected chi connectivity index (χ0v) is 15.4. The number of rotatable bonds is 13. The maximum Gasteiger partial charge on any atom is 0.235 e. The minimum atomic E-state index is -0.584. The monoisotopic (exact) mass is 345 g/mol. The predicted octanol–water partition coefficient (Wildman–Crippen LogP) is -0.0484. The fourth-order valence-electron chi connectivity index (χ4n) is 2.18. The fourth-order valence-corrected chi connectivity index (χ4v) is 2.65. The second kappa shape index (κ2) is 12.5. The molecule has 7 nitrogen and oxygen atoms in total. The van der Waals surface area contributed by atoms with Gasteiger partial charge < -0.3 is 5.32 Å². The van der Waals surface area contributed by atoms with Crippen LogP contribution < -0.4 is 27.4 Å². The van der Waals surface area contributed by atoms with E-state index < -0.39 is 6.04 Å². The molecule has 1 amide bonds. The van der Waals surface area contributed by atoms with Crippen LogP contribution in [0, 0.1) is 5.92 Å². The highest BCUT2D eigenvalue weighted by Gasteiger charge is 2.27. The Labute approximate surface area is 143 Å². The molecule has 23 heavy (non-hydrogen) atoms. The highest BCUT2D eigenvalue weighted by molar-refractivity contribution is 7.98. The summed E-state index contributed by atoms with van der Waals surface area (Å²) in [4.78, 5) is 24.5. The van der Waals surface area contributed by atoms with Crippen LogP contribution in [-0.4, -0.2) is 49.4 Å². The van der Waals surface area contributed by atoms with Crippen LogP contribution in [0.15, 0.2) is 12.2 Å². The van der Waals surface area contributed by atoms with Crippen molar-refractivity contribution in [1.29, 1.82) is 0 Å². The van der Waals surface area contributed by atoms with Gasteiger partial charge in [-0.2, -0.15) is 11.8 Å². The molecule has 134 valence electrons. The molecule has 0 rings (SSSR count). The quantitative estimate of drug-likeness (QED) is 0.181. The lowest BCUT2D eigenvalue weighted by atomic mass is 9.92. The molecular formula is C15H31N5O2S.